The summed E-state index contributed by atoms with van der Waals surface area (Å²) in [4.78, 5) is 10.7. The fourth-order valence-corrected chi connectivity index (χ4v) is 1.57. The largest absolute Gasteiger partial charge is 0.493 e. The Labute approximate surface area is 108 Å². The van der Waals surface area contributed by atoms with Crippen molar-refractivity contribution in [3.8, 4) is 5.75 Å². The summed E-state index contributed by atoms with van der Waals surface area (Å²) in [5, 5.41) is 8.78. The van der Waals surface area contributed by atoms with Crippen LogP contribution in [0.4, 0.5) is 0 Å². The predicted molar refractivity (Wildman–Crippen MR) is 72.7 cm³/mol. The highest BCUT2D eigenvalue weighted by molar-refractivity contribution is 5.89. The number of hydrogen-bond acceptors (Lipinski definition) is 2. The lowest BCUT2D eigenvalue weighted by Crippen LogP contribution is -2.04. The molecule has 0 unspecified atom stereocenters. The van der Waals surface area contributed by atoms with Gasteiger partial charge in [0, 0.05) is 6.08 Å². The van der Waals surface area contributed by atoms with Gasteiger partial charge in [0.2, 0.25) is 0 Å². The lowest BCUT2D eigenvalue weighted by molar-refractivity contribution is -0.131. The van der Waals surface area contributed by atoms with Crippen LogP contribution in [0.2, 0.25) is 0 Å². The molecule has 0 saturated carbocycles. The van der Waals surface area contributed by atoms with Crippen molar-refractivity contribution in [1.82, 2.24) is 0 Å². The third-order valence-corrected chi connectivity index (χ3v) is 2.49. The maximum absolute atomic E-state index is 10.7. The number of carboxylic acids is 1. The molecule has 0 aliphatic heterocycles. The second-order valence-corrected chi connectivity index (χ2v) is 4.59. The average molecular weight is 248 g/mol. The molecular formula is C15H20O3. The monoisotopic (exact) mass is 248 g/mol. The van der Waals surface area contributed by atoms with Gasteiger partial charge in [-0.05, 0) is 35.6 Å². The van der Waals surface area contributed by atoms with Crippen LogP contribution in [0, 0.1) is 5.92 Å². The molecule has 0 aromatic heterocycles. The molecule has 0 atom stereocenters. The highest BCUT2D eigenvalue weighted by Crippen LogP contribution is 2.21. The fraction of sp³-hybridized carbons (Fsp3) is 0.400. The van der Waals surface area contributed by atoms with Gasteiger partial charge in [0.05, 0.1) is 6.61 Å². The van der Waals surface area contributed by atoms with Crippen molar-refractivity contribution in [1.29, 1.82) is 0 Å². The molecular weight excluding hydrogens is 228 g/mol. The van der Waals surface area contributed by atoms with Crippen molar-refractivity contribution in [2.75, 3.05) is 6.61 Å². The van der Waals surface area contributed by atoms with Crippen molar-refractivity contribution < 1.29 is 14.6 Å². The summed E-state index contributed by atoms with van der Waals surface area (Å²) in [6, 6.07) is 7.55. The van der Waals surface area contributed by atoms with E-state index in [-0.39, 0.29) is 0 Å². The van der Waals surface area contributed by atoms with Crippen LogP contribution in [-0.2, 0) is 4.79 Å². The number of allylic oxidation sites excluding steroid dienone is 1. The SMILES string of the molecule is CC/C(=C\C(=O)O)c1ccc(OCC(C)C)cc1. The Balaban J connectivity index is 2.78. The van der Waals surface area contributed by atoms with Crippen molar-refractivity contribution in [3.05, 3.63) is 35.9 Å². The topological polar surface area (TPSA) is 46.5 Å². The van der Waals surface area contributed by atoms with Gasteiger partial charge < -0.3 is 9.84 Å². The van der Waals surface area contributed by atoms with Gasteiger partial charge in [-0.25, -0.2) is 4.79 Å². The molecule has 1 aromatic rings. The molecule has 0 fully saturated rings. The first kappa shape index (κ1) is 14.3. The third-order valence-electron chi connectivity index (χ3n) is 2.49. The summed E-state index contributed by atoms with van der Waals surface area (Å²) in [5.74, 6) is 0.396. The molecule has 3 nitrogen and oxygen atoms in total. The Hall–Kier alpha value is -1.77. The first-order valence-corrected chi connectivity index (χ1v) is 6.19. The average Bonchev–Trinajstić information content (AvgIpc) is 2.34. The van der Waals surface area contributed by atoms with Gasteiger partial charge in [-0.2, -0.15) is 0 Å². The third kappa shape index (κ3) is 4.62. The number of hydrogen-bond donors (Lipinski definition) is 1. The molecule has 0 heterocycles. The Morgan fingerprint density at radius 3 is 2.39 bits per heavy atom. The molecule has 3 heteroatoms. The van der Waals surface area contributed by atoms with E-state index in [1.54, 1.807) is 0 Å². The van der Waals surface area contributed by atoms with Crippen LogP contribution < -0.4 is 4.74 Å². The molecule has 0 aliphatic carbocycles. The Morgan fingerprint density at radius 2 is 1.94 bits per heavy atom. The van der Waals surface area contributed by atoms with Crippen molar-refractivity contribution in [2.24, 2.45) is 5.92 Å². The summed E-state index contributed by atoms with van der Waals surface area (Å²) in [7, 11) is 0. The van der Waals surface area contributed by atoms with E-state index in [4.69, 9.17) is 9.84 Å². The molecule has 0 amide bonds. The number of carbonyl (C=O) groups is 1. The summed E-state index contributed by atoms with van der Waals surface area (Å²) in [6.07, 6.45) is 1.95. The van der Waals surface area contributed by atoms with Crippen LogP contribution in [0.25, 0.3) is 5.57 Å². The van der Waals surface area contributed by atoms with Gasteiger partial charge in [-0.15, -0.1) is 0 Å². The molecule has 0 radical (unpaired) electrons. The minimum Gasteiger partial charge on any atom is -0.493 e. The second-order valence-electron chi connectivity index (χ2n) is 4.59. The lowest BCUT2D eigenvalue weighted by Gasteiger charge is -2.10. The van der Waals surface area contributed by atoms with E-state index in [0.717, 1.165) is 16.9 Å². The van der Waals surface area contributed by atoms with Gasteiger partial charge in [0.15, 0.2) is 0 Å². The standard InChI is InChI=1S/C15H20O3/c1-4-12(9-15(16)17)13-5-7-14(8-6-13)18-10-11(2)3/h5-9,11H,4,10H2,1-3H3,(H,16,17)/b12-9+. The Morgan fingerprint density at radius 1 is 1.33 bits per heavy atom. The smallest absolute Gasteiger partial charge is 0.328 e. The maximum atomic E-state index is 10.7. The van der Waals surface area contributed by atoms with E-state index in [1.807, 2.05) is 31.2 Å². The van der Waals surface area contributed by atoms with Gasteiger partial charge in [-0.1, -0.05) is 32.9 Å². The van der Waals surface area contributed by atoms with E-state index in [0.29, 0.717) is 18.9 Å². The summed E-state index contributed by atoms with van der Waals surface area (Å²) < 4.78 is 5.58. The number of aliphatic carboxylic acids is 1. The van der Waals surface area contributed by atoms with E-state index >= 15 is 0 Å². The van der Waals surface area contributed by atoms with Crippen molar-refractivity contribution in [2.45, 2.75) is 27.2 Å². The van der Waals surface area contributed by atoms with Crippen molar-refractivity contribution >= 4 is 11.5 Å². The Bertz CT molecular complexity index is 416. The van der Waals surface area contributed by atoms with E-state index in [2.05, 4.69) is 13.8 Å². The molecule has 0 saturated heterocycles. The molecule has 0 aliphatic rings. The number of rotatable bonds is 6. The fourth-order valence-electron chi connectivity index (χ4n) is 1.57. The first-order valence-electron chi connectivity index (χ1n) is 6.19. The van der Waals surface area contributed by atoms with E-state index in [1.165, 1.54) is 6.08 Å². The highest BCUT2D eigenvalue weighted by Gasteiger charge is 2.03. The zero-order chi connectivity index (χ0) is 13.5. The summed E-state index contributed by atoms with van der Waals surface area (Å²) >= 11 is 0. The molecule has 98 valence electrons. The number of benzene rings is 1. The first-order chi connectivity index (χ1) is 8.52. The highest BCUT2D eigenvalue weighted by atomic mass is 16.5. The maximum Gasteiger partial charge on any atom is 0.328 e. The van der Waals surface area contributed by atoms with E-state index in [9.17, 15) is 4.79 Å². The van der Waals surface area contributed by atoms with Crippen LogP contribution in [0.3, 0.4) is 0 Å². The number of ether oxygens (including phenoxy) is 1. The van der Waals surface area contributed by atoms with Crippen LogP contribution in [0.5, 0.6) is 5.75 Å². The Kier molecular flexibility index (Phi) is 5.43. The van der Waals surface area contributed by atoms with Gasteiger partial charge in [-0.3, -0.25) is 0 Å². The van der Waals surface area contributed by atoms with E-state index < -0.39 is 5.97 Å². The van der Waals surface area contributed by atoms with Crippen molar-refractivity contribution in [3.63, 3.8) is 0 Å². The molecule has 0 spiro atoms. The van der Waals surface area contributed by atoms with Crippen LogP contribution in [-0.4, -0.2) is 17.7 Å². The zero-order valence-electron chi connectivity index (χ0n) is 11.1. The normalized spacial score (nSPS) is 11.7. The minimum absolute atomic E-state index is 0.489. The van der Waals surface area contributed by atoms with Crippen LogP contribution >= 0.6 is 0 Å². The van der Waals surface area contributed by atoms with Gasteiger partial charge in [0.1, 0.15) is 5.75 Å². The second kappa shape index (κ2) is 6.84. The quantitative estimate of drug-likeness (QED) is 0.782. The zero-order valence-corrected chi connectivity index (χ0v) is 11.1. The van der Waals surface area contributed by atoms with Gasteiger partial charge in [0.25, 0.3) is 0 Å². The summed E-state index contributed by atoms with van der Waals surface area (Å²) in [6.45, 7) is 6.82. The molecule has 0 bridgehead atoms. The van der Waals surface area contributed by atoms with Crippen LogP contribution in [0.15, 0.2) is 30.3 Å². The lowest BCUT2D eigenvalue weighted by atomic mass is 10.0. The molecule has 1 N–H and O–H groups in total. The number of carboxylic acid groups (broad SMARTS) is 1. The molecule has 1 rings (SSSR count). The summed E-state index contributed by atoms with van der Waals surface area (Å²) in [5.41, 5.74) is 1.75. The van der Waals surface area contributed by atoms with Gasteiger partial charge >= 0.3 is 5.97 Å². The molecule has 18 heavy (non-hydrogen) atoms. The minimum atomic E-state index is -0.910. The van der Waals surface area contributed by atoms with Crippen LogP contribution in [0.1, 0.15) is 32.8 Å². The predicted octanol–water partition coefficient (Wildman–Crippen LogP) is 3.60. The molecule has 1 aromatic carbocycles.